The van der Waals surface area contributed by atoms with Gasteiger partial charge < -0.3 is 16.0 Å². The van der Waals surface area contributed by atoms with E-state index in [0.717, 1.165) is 5.56 Å². The first-order valence-corrected chi connectivity index (χ1v) is 6.42. The average Bonchev–Trinajstić information content (AvgIpc) is 2.70. The van der Waals surface area contributed by atoms with Crippen LogP contribution in [0.15, 0.2) is 24.3 Å². The first-order valence-electron chi connectivity index (χ1n) is 6.42. The Balaban J connectivity index is 2.07. The summed E-state index contributed by atoms with van der Waals surface area (Å²) in [6.45, 7) is 5.71. The number of halogens is 1. The van der Waals surface area contributed by atoms with E-state index >= 15 is 0 Å². The van der Waals surface area contributed by atoms with Gasteiger partial charge in [0, 0.05) is 13.1 Å². The Morgan fingerprint density at radius 2 is 2.26 bits per heavy atom. The van der Waals surface area contributed by atoms with Crippen molar-refractivity contribution in [3.8, 4) is 0 Å². The summed E-state index contributed by atoms with van der Waals surface area (Å²) in [4.78, 5) is 13.7. The lowest BCUT2D eigenvalue weighted by molar-refractivity contribution is 0.191. The monoisotopic (exact) mass is 265 g/mol. The van der Waals surface area contributed by atoms with Crippen molar-refractivity contribution in [1.82, 2.24) is 10.2 Å². The summed E-state index contributed by atoms with van der Waals surface area (Å²) in [5.74, 6) is -0.285. The second kappa shape index (κ2) is 5.17. The van der Waals surface area contributed by atoms with Gasteiger partial charge in [0.2, 0.25) is 0 Å². The van der Waals surface area contributed by atoms with Gasteiger partial charge in [0.25, 0.3) is 0 Å². The molecular weight excluding hydrogens is 245 g/mol. The number of nitrogens with zero attached hydrogens (tertiary/aromatic N) is 1. The van der Waals surface area contributed by atoms with Gasteiger partial charge in [0.1, 0.15) is 5.82 Å². The van der Waals surface area contributed by atoms with Gasteiger partial charge in [-0.25, -0.2) is 9.18 Å². The van der Waals surface area contributed by atoms with Crippen LogP contribution in [0, 0.1) is 11.2 Å². The van der Waals surface area contributed by atoms with Crippen molar-refractivity contribution in [3.63, 3.8) is 0 Å². The lowest BCUT2D eigenvalue weighted by Gasteiger charge is -2.28. The van der Waals surface area contributed by atoms with E-state index in [2.05, 4.69) is 5.32 Å². The average molecular weight is 265 g/mol. The molecule has 1 heterocycles. The van der Waals surface area contributed by atoms with Crippen LogP contribution in [-0.2, 0) is 0 Å². The van der Waals surface area contributed by atoms with Gasteiger partial charge in [-0.3, -0.25) is 0 Å². The highest BCUT2D eigenvalue weighted by atomic mass is 19.1. The van der Waals surface area contributed by atoms with Crippen molar-refractivity contribution in [2.75, 3.05) is 19.6 Å². The highest BCUT2D eigenvalue weighted by Gasteiger charge is 2.33. The van der Waals surface area contributed by atoms with Crippen LogP contribution in [0.25, 0.3) is 0 Å². The van der Waals surface area contributed by atoms with Gasteiger partial charge in [-0.1, -0.05) is 26.0 Å². The van der Waals surface area contributed by atoms with Crippen LogP contribution in [0.1, 0.15) is 25.5 Å². The van der Waals surface area contributed by atoms with Crippen molar-refractivity contribution < 1.29 is 9.18 Å². The molecule has 1 aliphatic heterocycles. The Morgan fingerprint density at radius 1 is 1.53 bits per heavy atom. The molecule has 5 heteroatoms. The molecule has 3 N–H and O–H groups in total. The van der Waals surface area contributed by atoms with Gasteiger partial charge >= 0.3 is 6.03 Å². The van der Waals surface area contributed by atoms with Crippen molar-refractivity contribution in [2.45, 2.75) is 19.9 Å². The predicted octanol–water partition coefficient (Wildman–Crippen LogP) is 1.88. The minimum absolute atomic E-state index is 0.115. The number of rotatable bonds is 4. The molecule has 0 aromatic heterocycles. The predicted molar refractivity (Wildman–Crippen MR) is 72.1 cm³/mol. The number of nitrogens with two attached hydrogens (primary N) is 1. The number of hydrogen-bond acceptors (Lipinski definition) is 2. The molecule has 0 bridgehead atoms. The highest BCUT2D eigenvalue weighted by Crippen LogP contribution is 2.24. The van der Waals surface area contributed by atoms with Crippen molar-refractivity contribution in [2.24, 2.45) is 11.1 Å². The number of carbonyl (C=O) groups is 1. The van der Waals surface area contributed by atoms with Gasteiger partial charge in [-0.2, -0.15) is 0 Å². The minimum Gasteiger partial charge on any atom is -0.330 e. The third kappa shape index (κ3) is 3.23. The van der Waals surface area contributed by atoms with E-state index in [1.165, 1.54) is 12.1 Å². The Hall–Kier alpha value is -1.62. The summed E-state index contributed by atoms with van der Waals surface area (Å²) in [7, 11) is 0. The molecule has 2 rings (SSSR count). The molecule has 0 spiro atoms. The lowest BCUT2D eigenvalue weighted by Crippen LogP contribution is -2.40. The van der Waals surface area contributed by atoms with Gasteiger partial charge in [-0.05, 0) is 29.7 Å². The fraction of sp³-hybridized carbons (Fsp3) is 0.500. The normalized spacial score (nSPS) is 19.7. The van der Waals surface area contributed by atoms with Crippen molar-refractivity contribution >= 4 is 6.03 Å². The van der Waals surface area contributed by atoms with Gasteiger partial charge in [0.05, 0.1) is 6.04 Å². The molecular formula is C14H20FN3O. The van der Waals surface area contributed by atoms with Crippen LogP contribution in [0.5, 0.6) is 0 Å². The minimum atomic E-state index is -0.285. The molecule has 1 saturated heterocycles. The number of nitrogens with one attached hydrogen (secondary N) is 1. The maximum Gasteiger partial charge on any atom is 0.318 e. The fourth-order valence-corrected chi connectivity index (χ4v) is 2.22. The maximum absolute atomic E-state index is 13.2. The molecule has 0 aliphatic carbocycles. The summed E-state index contributed by atoms with van der Waals surface area (Å²) in [6.07, 6.45) is 0. The zero-order valence-electron chi connectivity index (χ0n) is 11.3. The standard InChI is InChI=1S/C14H20FN3O/c1-14(2,8-16)9-18-7-12(17-13(18)19)10-4-3-5-11(15)6-10/h3-6,12H,7-9,16H2,1-2H3,(H,17,19). The molecule has 104 valence electrons. The van der Waals surface area contributed by atoms with Crippen LogP contribution >= 0.6 is 0 Å². The Bertz CT molecular complexity index is 476. The molecule has 1 fully saturated rings. The van der Waals surface area contributed by atoms with E-state index in [0.29, 0.717) is 19.6 Å². The van der Waals surface area contributed by atoms with Crippen LogP contribution in [-0.4, -0.2) is 30.6 Å². The Kier molecular flexibility index (Phi) is 3.75. The maximum atomic E-state index is 13.2. The van der Waals surface area contributed by atoms with Crippen LogP contribution < -0.4 is 11.1 Å². The molecule has 1 atom stereocenters. The highest BCUT2D eigenvalue weighted by molar-refractivity contribution is 5.77. The summed E-state index contributed by atoms with van der Waals surface area (Å²) in [5.41, 5.74) is 6.36. The number of benzene rings is 1. The Morgan fingerprint density at radius 3 is 2.89 bits per heavy atom. The first-order chi connectivity index (χ1) is 8.91. The molecule has 2 amide bonds. The van der Waals surface area contributed by atoms with E-state index in [-0.39, 0.29) is 23.3 Å². The van der Waals surface area contributed by atoms with Crippen molar-refractivity contribution in [1.29, 1.82) is 0 Å². The smallest absolute Gasteiger partial charge is 0.318 e. The van der Waals surface area contributed by atoms with Gasteiger partial charge in [0.15, 0.2) is 0 Å². The van der Waals surface area contributed by atoms with Gasteiger partial charge in [-0.15, -0.1) is 0 Å². The van der Waals surface area contributed by atoms with Crippen molar-refractivity contribution in [3.05, 3.63) is 35.6 Å². The van der Waals surface area contributed by atoms with E-state index in [9.17, 15) is 9.18 Å². The molecule has 1 aromatic carbocycles. The second-order valence-electron chi connectivity index (χ2n) is 5.81. The lowest BCUT2D eigenvalue weighted by atomic mass is 9.93. The van der Waals surface area contributed by atoms with E-state index in [4.69, 9.17) is 5.73 Å². The van der Waals surface area contributed by atoms with E-state index in [1.807, 2.05) is 19.9 Å². The largest absolute Gasteiger partial charge is 0.330 e. The third-order valence-corrected chi connectivity index (χ3v) is 3.41. The van der Waals surface area contributed by atoms with Crippen LogP contribution in [0.3, 0.4) is 0 Å². The summed E-state index contributed by atoms with van der Waals surface area (Å²) in [6, 6.07) is 6.07. The summed E-state index contributed by atoms with van der Waals surface area (Å²) >= 11 is 0. The SMILES string of the molecule is CC(C)(CN)CN1CC(c2cccc(F)c2)NC1=O. The Labute approximate surface area is 112 Å². The molecule has 0 radical (unpaired) electrons. The topological polar surface area (TPSA) is 58.4 Å². The number of hydrogen-bond donors (Lipinski definition) is 2. The molecule has 1 unspecified atom stereocenters. The molecule has 4 nitrogen and oxygen atoms in total. The number of amides is 2. The molecule has 1 aromatic rings. The van der Waals surface area contributed by atoms with E-state index in [1.54, 1.807) is 11.0 Å². The zero-order valence-corrected chi connectivity index (χ0v) is 11.3. The second-order valence-corrected chi connectivity index (χ2v) is 5.81. The fourth-order valence-electron chi connectivity index (χ4n) is 2.22. The van der Waals surface area contributed by atoms with E-state index < -0.39 is 0 Å². The zero-order chi connectivity index (χ0) is 14.0. The number of carbonyl (C=O) groups excluding carboxylic acids is 1. The summed E-state index contributed by atoms with van der Waals surface area (Å²) in [5, 5.41) is 2.87. The first kappa shape index (κ1) is 13.8. The van der Waals surface area contributed by atoms with Crippen LogP contribution in [0.2, 0.25) is 0 Å². The molecule has 19 heavy (non-hydrogen) atoms. The quantitative estimate of drug-likeness (QED) is 0.873. The van der Waals surface area contributed by atoms with Crippen LogP contribution in [0.4, 0.5) is 9.18 Å². The molecule has 0 saturated carbocycles. The molecule has 1 aliphatic rings. The third-order valence-electron chi connectivity index (χ3n) is 3.41. The number of urea groups is 1. The summed E-state index contributed by atoms with van der Waals surface area (Å²) < 4.78 is 13.2.